The molecule has 0 fully saturated rings. The number of rotatable bonds is 4. The van der Waals surface area contributed by atoms with Crippen molar-refractivity contribution in [3.8, 4) is 0 Å². The van der Waals surface area contributed by atoms with Gasteiger partial charge in [0.05, 0.1) is 0 Å². The van der Waals surface area contributed by atoms with Gasteiger partial charge < -0.3 is 10.2 Å². The fourth-order valence-corrected chi connectivity index (χ4v) is 1.37. The SMILES string of the molecule is Cc1nccc(C(=O)NCCN(C)C)c1C. The van der Waals surface area contributed by atoms with E-state index in [1.54, 1.807) is 12.3 Å². The number of nitrogens with one attached hydrogen (secondary N) is 1. The third-order valence-electron chi connectivity index (χ3n) is 2.55. The van der Waals surface area contributed by atoms with Crippen LogP contribution in [0.2, 0.25) is 0 Å². The van der Waals surface area contributed by atoms with E-state index in [1.165, 1.54) is 0 Å². The molecule has 0 aliphatic carbocycles. The molecule has 1 rings (SSSR count). The zero-order valence-corrected chi connectivity index (χ0v) is 10.4. The van der Waals surface area contributed by atoms with Crippen LogP contribution in [0.1, 0.15) is 21.6 Å². The number of hydrogen-bond donors (Lipinski definition) is 1. The summed E-state index contributed by atoms with van der Waals surface area (Å²) in [5, 5.41) is 2.89. The van der Waals surface area contributed by atoms with Gasteiger partial charge in [-0.2, -0.15) is 0 Å². The average Bonchev–Trinajstić information content (AvgIpc) is 2.21. The molecule has 0 atom stereocenters. The largest absolute Gasteiger partial charge is 0.351 e. The minimum Gasteiger partial charge on any atom is -0.351 e. The predicted molar refractivity (Wildman–Crippen MR) is 64.6 cm³/mol. The van der Waals surface area contributed by atoms with Crippen LogP contribution in [0.3, 0.4) is 0 Å². The number of amides is 1. The Morgan fingerprint density at radius 1 is 1.44 bits per heavy atom. The minimum absolute atomic E-state index is 0.0233. The molecule has 0 saturated heterocycles. The molecule has 0 aliphatic heterocycles. The number of hydrogen-bond acceptors (Lipinski definition) is 3. The molecule has 1 aromatic heterocycles. The van der Waals surface area contributed by atoms with E-state index in [-0.39, 0.29) is 5.91 Å². The normalized spacial score (nSPS) is 10.6. The van der Waals surface area contributed by atoms with Crippen molar-refractivity contribution in [1.82, 2.24) is 15.2 Å². The van der Waals surface area contributed by atoms with Crippen LogP contribution in [-0.4, -0.2) is 43.0 Å². The first kappa shape index (κ1) is 12.6. The highest BCUT2D eigenvalue weighted by atomic mass is 16.1. The lowest BCUT2D eigenvalue weighted by atomic mass is 10.1. The first-order valence-electron chi connectivity index (χ1n) is 5.37. The van der Waals surface area contributed by atoms with Crippen LogP contribution in [-0.2, 0) is 0 Å². The second-order valence-electron chi connectivity index (χ2n) is 4.13. The van der Waals surface area contributed by atoms with Crippen LogP contribution in [0.15, 0.2) is 12.3 Å². The molecule has 0 aliphatic rings. The molecule has 1 amide bonds. The molecule has 0 bridgehead atoms. The maximum atomic E-state index is 11.8. The molecule has 1 heterocycles. The Kier molecular flexibility index (Phi) is 4.43. The van der Waals surface area contributed by atoms with Crippen molar-refractivity contribution in [2.45, 2.75) is 13.8 Å². The first-order valence-corrected chi connectivity index (χ1v) is 5.37. The van der Waals surface area contributed by atoms with Gasteiger partial charge in [-0.1, -0.05) is 0 Å². The van der Waals surface area contributed by atoms with Crippen molar-refractivity contribution in [1.29, 1.82) is 0 Å². The van der Waals surface area contributed by atoms with Crippen LogP contribution in [0, 0.1) is 13.8 Å². The topological polar surface area (TPSA) is 45.2 Å². The summed E-state index contributed by atoms with van der Waals surface area (Å²) in [5.74, 6) is -0.0233. The van der Waals surface area contributed by atoms with Crippen LogP contribution in [0.25, 0.3) is 0 Å². The summed E-state index contributed by atoms with van der Waals surface area (Å²) in [7, 11) is 3.96. The quantitative estimate of drug-likeness (QED) is 0.824. The van der Waals surface area contributed by atoms with E-state index in [2.05, 4.69) is 10.3 Å². The molecule has 0 radical (unpaired) electrons. The van der Waals surface area contributed by atoms with E-state index < -0.39 is 0 Å². The van der Waals surface area contributed by atoms with Crippen LogP contribution in [0.5, 0.6) is 0 Å². The minimum atomic E-state index is -0.0233. The van der Waals surface area contributed by atoms with Gasteiger partial charge in [0.2, 0.25) is 0 Å². The lowest BCUT2D eigenvalue weighted by molar-refractivity contribution is 0.0950. The second kappa shape index (κ2) is 5.61. The predicted octanol–water partition coefficient (Wildman–Crippen LogP) is 0.990. The van der Waals surface area contributed by atoms with Gasteiger partial charge in [0.15, 0.2) is 0 Å². The Morgan fingerprint density at radius 2 is 2.12 bits per heavy atom. The number of carbonyl (C=O) groups excluding carboxylic acids is 1. The van der Waals surface area contributed by atoms with Crippen molar-refractivity contribution in [2.24, 2.45) is 0 Å². The zero-order valence-electron chi connectivity index (χ0n) is 10.4. The van der Waals surface area contributed by atoms with Gasteiger partial charge in [-0.15, -0.1) is 0 Å². The fraction of sp³-hybridized carbons (Fsp3) is 0.500. The number of carbonyl (C=O) groups is 1. The Morgan fingerprint density at radius 3 is 2.75 bits per heavy atom. The van der Waals surface area contributed by atoms with Gasteiger partial charge in [0.25, 0.3) is 5.91 Å². The van der Waals surface area contributed by atoms with E-state index in [1.807, 2.05) is 32.8 Å². The number of nitrogens with zero attached hydrogens (tertiary/aromatic N) is 2. The number of aryl methyl sites for hydroxylation is 1. The van der Waals surface area contributed by atoms with Crippen LogP contribution in [0.4, 0.5) is 0 Å². The summed E-state index contributed by atoms with van der Waals surface area (Å²) >= 11 is 0. The van der Waals surface area contributed by atoms with Crippen LogP contribution >= 0.6 is 0 Å². The maximum absolute atomic E-state index is 11.8. The van der Waals surface area contributed by atoms with E-state index in [9.17, 15) is 4.79 Å². The molecule has 1 N–H and O–H groups in total. The summed E-state index contributed by atoms with van der Waals surface area (Å²) < 4.78 is 0. The average molecular weight is 221 g/mol. The Hall–Kier alpha value is -1.42. The van der Waals surface area contributed by atoms with Gasteiger partial charge in [-0.3, -0.25) is 9.78 Å². The first-order chi connectivity index (χ1) is 7.52. The van der Waals surface area contributed by atoms with Gasteiger partial charge in [-0.25, -0.2) is 0 Å². The maximum Gasteiger partial charge on any atom is 0.251 e. The molecule has 0 aromatic carbocycles. The molecule has 0 unspecified atom stereocenters. The molecular weight excluding hydrogens is 202 g/mol. The van der Waals surface area contributed by atoms with Gasteiger partial charge in [0, 0.05) is 30.5 Å². The summed E-state index contributed by atoms with van der Waals surface area (Å²) in [4.78, 5) is 18.0. The van der Waals surface area contributed by atoms with E-state index in [4.69, 9.17) is 0 Å². The van der Waals surface area contributed by atoms with Gasteiger partial charge in [-0.05, 0) is 39.6 Å². The summed E-state index contributed by atoms with van der Waals surface area (Å²) in [6.45, 7) is 5.33. The lowest BCUT2D eigenvalue weighted by Crippen LogP contribution is -2.31. The number of aromatic nitrogens is 1. The number of pyridine rings is 1. The van der Waals surface area contributed by atoms with E-state index in [0.29, 0.717) is 12.1 Å². The monoisotopic (exact) mass is 221 g/mol. The third-order valence-corrected chi connectivity index (χ3v) is 2.55. The van der Waals surface area contributed by atoms with Crippen molar-refractivity contribution in [2.75, 3.05) is 27.2 Å². The Bertz CT molecular complexity index is 375. The lowest BCUT2D eigenvalue weighted by Gasteiger charge is -2.11. The van der Waals surface area contributed by atoms with Crippen molar-refractivity contribution < 1.29 is 4.79 Å². The second-order valence-corrected chi connectivity index (χ2v) is 4.13. The molecule has 0 spiro atoms. The molecule has 0 saturated carbocycles. The summed E-state index contributed by atoms with van der Waals surface area (Å²) in [5.41, 5.74) is 2.57. The fourth-order valence-electron chi connectivity index (χ4n) is 1.37. The van der Waals surface area contributed by atoms with E-state index in [0.717, 1.165) is 17.8 Å². The van der Waals surface area contributed by atoms with Crippen molar-refractivity contribution >= 4 is 5.91 Å². The highest BCUT2D eigenvalue weighted by Gasteiger charge is 2.09. The molecule has 4 heteroatoms. The molecule has 1 aromatic rings. The van der Waals surface area contributed by atoms with Crippen LogP contribution < -0.4 is 5.32 Å². The van der Waals surface area contributed by atoms with Crippen molar-refractivity contribution in [3.63, 3.8) is 0 Å². The molecule has 16 heavy (non-hydrogen) atoms. The molecule has 4 nitrogen and oxygen atoms in total. The Balaban J connectivity index is 2.63. The third kappa shape index (κ3) is 3.31. The zero-order chi connectivity index (χ0) is 12.1. The standard InChI is InChI=1S/C12H19N3O/c1-9-10(2)13-6-5-11(9)12(16)14-7-8-15(3)4/h5-6H,7-8H2,1-4H3,(H,14,16). The molecular formula is C12H19N3O. The van der Waals surface area contributed by atoms with E-state index >= 15 is 0 Å². The highest BCUT2D eigenvalue weighted by molar-refractivity contribution is 5.95. The summed E-state index contributed by atoms with van der Waals surface area (Å²) in [6.07, 6.45) is 1.67. The smallest absolute Gasteiger partial charge is 0.251 e. The Labute approximate surface area is 96.7 Å². The highest BCUT2D eigenvalue weighted by Crippen LogP contribution is 2.09. The van der Waals surface area contributed by atoms with Gasteiger partial charge >= 0.3 is 0 Å². The summed E-state index contributed by atoms with van der Waals surface area (Å²) in [6, 6.07) is 1.76. The van der Waals surface area contributed by atoms with Crippen molar-refractivity contribution in [3.05, 3.63) is 29.1 Å². The molecule has 88 valence electrons. The van der Waals surface area contributed by atoms with Gasteiger partial charge in [0.1, 0.15) is 0 Å². The number of likely N-dealkylation sites (N-methyl/N-ethyl adjacent to an activating group) is 1.